The molecule has 1 aliphatic rings. The van der Waals surface area contributed by atoms with E-state index in [-0.39, 0.29) is 6.10 Å². The Labute approximate surface area is 166 Å². The first-order valence-corrected chi connectivity index (χ1v) is 9.34. The van der Waals surface area contributed by atoms with E-state index in [4.69, 9.17) is 9.47 Å². The van der Waals surface area contributed by atoms with Gasteiger partial charge in [0.25, 0.3) is 0 Å². The predicted octanol–water partition coefficient (Wildman–Crippen LogP) is 2.69. The molecular weight excluding hydrogens is 380 g/mol. The summed E-state index contributed by atoms with van der Waals surface area (Å²) in [7, 11) is 1.86. The van der Waals surface area contributed by atoms with Gasteiger partial charge in [0.1, 0.15) is 11.9 Å². The lowest BCUT2D eigenvalue weighted by Crippen LogP contribution is -2.39. The second-order valence-corrected chi connectivity index (χ2v) is 6.71. The first-order valence-electron chi connectivity index (χ1n) is 9.34. The van der Waals surface area contributed by atoms with Crippen LogP contribution in [0.4, 0.5) is 14.7 Å². The normalized spacial score (nSPS) is 16.8. The second-order valence-electron chi connectivity index (χ2n) is 6.71. The zero-order valence-electron chi connectivity index (χ0n) is 16.0. The molecule has 4 rings (SSSR count). The Morgan fingerprint density at radius 1 is 1.17 bits per heavy atom. The maximum Gasteiger partial charge on any atom is 0.225 e. The van der Waals surface area contributed by atoms with Crippen molar-refractivity contribution in [3.05, 3.63) is 65.7 Å². The van der Waals surface area contributed by atoms with Crippen molar-refractivity contribution in [3.8, 4) is 5.75 Å². The van der Waals surface area contributed by atoms with Crippen molar-refractivity contribution in [2.45, 2.75) is 12.5 Å². The summed E-state index contributed by atoms with van der Waals surface area (Å²) in [5, 5.41) is 4.57. The molecule has 1 aromatic carbocycles. The first kappa shape index (κ1) is 19.3. The fraction of sp³-hybridized carbons (Fsp3) is 0.350. The molecule has 1 aliphatic heterocycles. The van der Waals surface area contributed by atoms with Crippen molar-refractivity contribution in [1.82, 2.24) is 19.7 Å². The number of anilines is 1. The highest BCUT2D eigenvalue weighted by molar-refractivity contribution is 5.30. The van der Waals surface area contributed by atoms with E-state index in [2.05, 4.69) is 20.0 Å². The fourth-order valence-corrected chi connectivity index (χ4v) is 3.23. The molecule has 0 bridgehead atoms. The minimum absolute atomic E-state index is 0.181. The number of halogens is 2. The molecule has 0 saturated carbocycles. The number of nitrogens with zero attached hydrogens (tertiary/aromatic N) is 5. The summed E-state index contributed by atoms with van der Waals surface area (Å²) in [4.78, 5) is 10.7. The molecule has 7 nitrogen and oxygen atoms in total. The highest BCUT2D eigenvalue weighted by atomic mass is 19.2. The number of benzene rings is 1. The smallest absolute Gasteiger partial charge is 0.225 e. The summed E-state index contributed by atoms with van der Waals surface area (Å²) in [6, 6.07) is 7.27. The van der Waals surface area contributed by atoms with E-state index in [9.17, 15) is 8.78 Å². The van der Waals surface area contributed by atoms with Gasteiger partial charge >= 0.3 is 0 Å². The van der Waals surface area contributed by atoms with Crippen molar-refractivity contribution in [1.29, 1.82) is 0 Å². The average molecular weight is 401 g/mol. The van der Waals surface area contributed by atoms with Crippen molar-refractivity contribution >= 4 is 5.95 Å². The topological polar surface area (TPSA) is 65.3 Å². The van der Waals surface area contributed by atoms with Gasteiger partial charge in [0.2, 0.25) is 5.95 Å². The zero-order chi connectivity index (χ0) is 20.2. The third kappa shape index (κ3) is 4.51. The molecule has 1 unspecified atom stereocenters. The molecule has 152 valence electrons. The van der Waals surface area contributed by atoms with Crippen LogP contribution in [-0.2, 0) is 18.2 Å². The van der Waals surface area contributed by atoms with E-state index in [0.717, 1.165) is 30.1 Å². The molecule has 3 heterocycles. The van der Waals surface area contributed by atoms with Gasteiger partial charge in [-0.2, -0.15) is 5.10 Å². The van der Waals surface area contributed by atoms with Crippen molar-refractivity contribution in [2.24, 2.45) is 7.05 Å². The molecule has 0 amide bonds. The van der Waals surface area contributed by atoms with Crippen molar-refractivity contribution < 1.29 is 18.3 Å². The maximum atomic E-state index is 13.3. The molecule has 0 spiro atoms. The lowest BCUT2D eigenvalue weighted by atomic mass is 10.2. The summed E-state index contributed by atoms with van der Waals surface area (Å²) in [5.41, 5.74) is 1.79. The van der Waals surface area contributed by atoms with E-state index in [0.29, 0.717) is 37.9 Å². The van der Waals surface area contributed by atoms with Crippen molar-refractivity contribution in [2.75, 3.05) is 31.2 Å². The first-order chi connectivity index (χ1) is 14.1. The quantitative estimate of drug-likeness (QED) is 0.633. The third-order valence-electron chi connectivity index (χ3n) is 4.74. The van der Waals surface area contributed by atoms with Crippen LogP contribution in [0.25, 0.3) is 0 Å². The molecule has 1 saturated heterocycles. The summed E-state index contributed by atoms with van der Waals surface area (Å²) in [6.45, 7) is 2.22. The molecule has 29 heavy (non-hydrogen) atoms. The largest absolute Gasteiger partial charge is 0.493 e. The number of ether oxygens (including phenoxy) is 2. The monoisotopic (exact) mass is 401 g/mol. The van der Waals surface area contributed by atoms with Crippen LogP contribution in [0.3, 0.4) is 0 Å². The Kier molecular flexibility index (Phi) is 5.66. The number of morpholine rings is 1. The molecular formula is C20H21F2N5O2. The molecule has 1 atom stereocenters. The molecule has 0 N–H and O–H groups in total. The van der Waals surface area contributed by atoms with Crippen LogP contribution in [-0.4, -0.2) is 46.1 Å². The van der Waals surface area contributed by atoms with Crippen LogP contribution in [0, 0.1) is 11.6 Å². The second kappa shape index (κ2) is 8.52. The van der Waals surface area contributed by atoms with Crippen LogP contribution in [0.15, 0.2) is 42.7 Å². The Morgan fingerprint density at radius 2 is 2.00 bits per heavy atom. The summed E-state index contributed by atoms with van der Waals surface area (Å²) in [6.07, 6.45) is 3.83. The van der Waals surface area contributed by atoms with Gasteiger partial charge in [-0.25, -0.2) is 18.7 Å². The van der Waals surface area contributed by atoms with E-state index >= 15 is 0 Å². The molecule has 0 radical (unpaired) electrons. The Bertz CT molecular complexity index is 967. The highest BCUT2D eigenvalue weighted by Gasteiger charge is 2.26. The van der Waals surface area contributed by atoms with Crippen LogP contribution >= 0.6 is 0 Å². The van der Waals surface area contributed by atoms with E-state index in [1.807, 2.05) is 13.1 Å². The van der Waals surface area contributed by atoms with Gasteiger partial charge in [-0.15, -0.1) is 0 Å². The van der Waals surface area contributed by atoms with Crippen molar-refractivity contribution in [3.63, 3.8) is 0 Å². The van der Waals surface area contributed by atoms with Gasteiger partial charge < -0.3 is 14.4 Å². The van der Waals surface area contributed by atoms with E-state index in [1.165, 1.54) is 6.07 Å². The average Bonchev–Trinajstić information content (AvgIpc) is 3.12. The van der Waals surface area contributed by atoms with Gasteiger partial charge in [0.15, 0.2) is 11.6 Å². The Morgan fingerprint density at radius 3 is 2.79 bits per heavy atom. The molecule has 0 aliphatic carbocycles. The van der Waals surface area contributed by atoms with Gasteiger partial charge in [-0.1, -0.05) is 0 Å². The van der Waals surface area contributed by atoms with Gasteiger partial charge in [0.05, 0.1) is 25.5 Å². The Balaban J connectivity index is 1.37. The lowest BCUT2D eigenvalue weighted by molar-refractivity contribution is 0.0361. The molecule has 3 aromatic rings. The number of aromatic nitrogens is 4. The lowest BCUT2D eigenvalue weighted by Gasteiger charge is -2.32. The van der Waals surface area contributed by atoms with E-state index in [1.54, 1.807) is 23.1 Å². The fourth-order valence-electron chi connectivity index (χ4n) is 3.23. The summed E-state index contributed by atoms with van der Waals surface area (Å²) < 4.78 is 39.5. The van der Waals surface area contributed by atoms with Gasteiger partial charge in [-0.05, 0) is 24.3 Å². The Hall–Kier alpha value is -3.07. The van der Waals surface area contributed by atoms with Crippen LogP contribution in [0.1, 0.15) is 17.5 Å². The zero-order valence-corrected chi connectivity index (χ0v) is 16.0. The minimum Gasteiger partial charge on any atom is -0.493 e. The standard InChI is InChI=1S/C20H21F2N5O2/c1-26-14(5-9-28-15-3-4-16(21)17(22)12-15)11-18(25-26)19-13-27(8-10-29-19)20-23-6-2-7-24-20/h2-4,6-7,11-12,19H,5,8-10,13H2,1H3. The SMILES string of the molecule is Cn1nc(C2CN(c3ncccn3)CCO2)cc1CCOc1ccc(F)c(F)c1. The predicted molar refractivity (Wildman–Crippen MR) is 102 cm³/mol. The van der Waals surface area contributed by atoms with Crippen LogP contribution < -0.4 is 9.64 Å². The molecule has 1 fully saturated rings. The van der Waals surface area contributed by atoms with Crippen LogP contribution in [0.2, 0.25) is 0 Å². The summed E-state index contributed by atoms with van der Waals surface area (Å²) in [5.74, 6) is -0.847. The van der Waals surface area contributed by atoms with Gasteiger partial charge in [0, 0.05) is 44.2 Å². The number of aryl methyl sites for hydroxylation is 1. The number of hydrogen-bond acceptors (Lipinski definition) is 6. The number of hydrogen-bond donors (Lipinski definition) is 0. The number of rotatable bonds is 6. The van der Waals surface area contributed by atoms with Crippen LogP contribution in [0.5, 0.6) is 5.75 Å². The highest BCUT2D eigenvalue weighted by Crippen LogP contribution is 2.24. The third-order valence-corrected chi connectivity index (χ3v) is 4.74. The summed E-state index contributed by atoms with van der Waals surface area (Å²) >= 11 is 0. The van der Waals surface area contributed by atoms with E-state index < -0.39 is 11.6 Å². The minimum atomic E-state index is -0.924. The maximum absolute atomic E-state index is 13.3. The molecule has 2 aromatic heterocycles. The molecule has 9 heteroatoms. The van der Waals surface area contributed by atoms with Gasteiger partial charge in [-0.3, -0.25) is 4.68 Å².